The zero-order chi connectivity index (χ0) is 20.9. The van der Waals surface area contributed by atoms with E-state index in [0.29, 0.717) is 0 Å². The molecule has 0 fully saturated rings. The lowest BCUT2D eigenvalue weighted by molar-refractivity contribution is -0.116. The number of rotatable bonds is 6. The fourth-order valence-electron chi connectivity index (χ4n) is 3.84. The normalized spacial score (nSPS) is 14.5. The van der Waals surface area contributed by atoms with Crippen LogP contribution < -0.4 is 10.6 Å². The van der Waals surface area contributed by atoms with Gasteiger partial charge in [0.25, 0.3) is 0 Å². The maximum Gasteiger partial charge on any atom is 0.246 e. The lowest BCUT2D eigenvalue weighted by Crippen LogP contribution is -2.31. The van der Waals surface area contributed by atoms with Gasteiger partial charge in [0.2, 0.25) is 5.91 Å². The molecule has 1 aliphatic rings. The average molecular weight is 404 g/mol. The zero-order valence-electron chi connectivity index (χ0n) is 17.7. The van der Waals surface area contributed by atoms with E-state index in [0.717, 1.165) is 54.4 Å². The summed E-state index contributed by atoms with van der Waals surface area (Å²) in [6.07, 6.45) is 5.54. The monoisotopic (exact) mass is 403 g/mol. The number of hydrogen-bond acceptors (Lipinski definition) is 4. The Morgan fingerprint density at radius 3 is 2.70 bits per heavy atom. The van der Waals surface area contributed by atoms with Gasteiger partial charge in [0.05, 0.1) is 0 Å². The van der Waals surface area contributed by atoms with Gasteiger partial charge in [0.1, 0.15) is 11.9 Å². The summed E-state index contributed by atoms with van der Waals surface area (Å²) in [6.45, 7) is 4.95. The molecule has 0 saturated heterocycles. The van der Waals surface area contributed by atoms with Crippen LogP contribution in [0.25, 0.3) is 11.4 Å². The van der Waals surface area contributed by atoms with Crippen LogP contribution >= 0.6 is 0 Å². The number of amides is 1. The first-order chi connectivity index (χ1) is 14.6. The highest BCUT2D eigenvalue weighted by atomic mass is 16.2. The van der Waals surface area contributed by atoms with Gasteiger partial charge in [-0.15, -0.1) is 10.2 Å². The number of carbonyl (C=O) groups is 1. The van der Waals surface area contributed by atoms with Gasteiger partial charge < -0.3 is 15.2 Å². The van der Waals surface area contributed by atoms with Crippen molar-refractivity contribution in [3.8, 4) is 11.4 Å². The molecular weight excluding hydrogens is 374 g/mol. The van der Waals surface area contributed by atoms with E-state index in [-0.39, 0.29) is 11.9 Å². The standard InChI is InChI=1S/C24H29N5O/c1-3-18-11-13-20(14-12-18)26-24(30)17(2)25-21-9-7-8-19(16-21)23-28-27-22-10-5-4-6-15-29(22)23/h7-9,11-14,16-17,25H,3-6,10,15H2,1-2H3,(H,26,30)/t17-/m1/s1. The smallest absolute Gasteiger partial charge is 0.246 e. The van der Waals surface area contributed by atoms with Gasteiger partial charge in [-0.05, 0) is 56.0 Å². The molecule has 1 aliphatic heterocycles. The SMILES string of the molecule is CCc1ccc(NC(=O)[C@@H](C)Nc2cccc(-c3nnc4n3CCCCC4)c2)cc1. The highest BCUT2D eigenvalue weighted by molar-refractivity contribution is 5.96. The van der Waals surface area contributed by atoms with Crippen LogP contribution in [0, 0.1) is 0 Å². The lowest BCUT2D eigenvalue weighted by Gasteiger charge is -2.16. The van der Waals surface area contributed by atoms with Gasteiger partial charge in [-0.1, -0.05) is 37.6 Å². The fourth-order valence-corrected chi connectivity index (χ4v) is 3.84. The Kier molecular flexibility index (Phi) is 6.12. The van der Waals surface area contributed by atoms with Crippen molar-refractivity contribution >= 4 is 17.3 Å². The van der Waals surface area contributed by atoms with Crippen molar-refractivity contribution in [2.75, 3.05) is 10.6 Å². The Bertz CT molecular complexity index is 1010. The second kappa shape index (κ2) is 9.11. The Morgan fingerprint density at radius 2 is 1.90 bits per heavy atom. The van der Waals surface area contributed by atoms with E-state index in [1.165, 1.54) is 18.4 Å². The van der Waals surface area contributed by atoms with E-state index in [4.69, 9.17) is 0 Å². The van der Waals surface area contributed by atoms with Crippen LogP contribution in [0.3, 0.4) is 0 Å². The maximum atomic E-state index is 12.6. The summed E-state index contributed by atoms with van der Waals surface area (Å²) >= 11 is 0. The summed E-state index contributed by atoms with van der Waals surface area (Å²) in [5.74, 6) is 1.91. The third-order valence-corrected chi connectivity index (χ3v) is 5.64. The van der Waals surface area contributed by atoms with E-state index < -0.39 is 0 Å². The first-order valence-electron chi connectivity index (χ1n) is 10.8. The van der Waals surface area contributed by atoms with Gasteiger partial charge in [0, 0.05) is 29.9 Å². The predicted molar refractivity (Wildman–Crippen MR) is 121 cm³/mol. The van der Waals surface area contributed by atoms with E-state index in [9.17, 15) is 4.79 Å². The van der Waals surface area contributed by atoms with Crippen LogP contribution in [0.15, 0.2) is 48.5 Å². The summed E-state index contributed by atoms with van der Waals surface area (Å²) in [5, 5.41) is 15.1. The molecule has 6 nitrogen and oxygen atoms in total. The molecule has 30 heavy (non-hydrogen) atoms. The fraction of sp³-hybridized carbons (Fsp3) is 0.375. The van der Waals surface area contributed by atoms with Crippen molar-refractivity contribution in [3.05, 3.63) is 59.9 Å². The molecule has 0 radical (unpaired) electrons. The van der Waals surface area contributed by atoms with Gasteiger partial charge in [0.15, 0.2) is 5.82 Å². The number of nitrogens with one attached hydrogen (secondary N) is 2. The summed E-state index contributed by atoms with van der Waals surface area (Å²) in [5.41, 5.74) is 3.97. The summed E-state index contributed by atoms with van der Waals surface area (Å²) in [6, 6.07) is 15.7. The largest absolute Gasteiger partial charge is 0.374 e. The molecule has 0 unspecified atom stereocenters. The molecule has 2 heterocycles. The van der Waals surface area contributed by atoms with E-state index in [2.05, 4.69) is 32.3 Å². The Balaban J connectivity index is 1.45. The van der Waals surface area contributed by atoms with Gasteiger partial charge in [-0.25, -0.2) is 0 Å². The number of aryl methyl sites for hydroxylation is 2. The minimum absolute atomic E-state index is 0.0685. The van der Waals surface area contributed by atoms with Crippen LogP contribution in [0.5, 0.6) is 0 Å². The number of hydrogen-bond donors (Lipinski definition) is 2. The molecule has 3 aromatic rings. The van der Waals surface area contributed by atoms with Gasteiger partial charge >= 0.3 is 0 Å². The molecule has 1 atom stereocenters. The van der Waals surface area contributed by atoms with Crippen LogP contribution in [-0.2, 0) is 24.2 Å². The van der Waals surface area contributed by atoms with Crippen LogP contribution in [0.1, 0.15) is 44.5 Å². The van der Waals surface area contributed by atoms with Crippen LogP contribution in [0.2, 0.25) is 0 Å². The van der Waals surface area contributed by atoms with Crippen molar-refractivity contribution in [3.63, 3.8) is 0 Å². The van der Waals surface area contributed by atoms with Gasteiger partial charge in [-0.2, -0.15) is 0 Å². The summed E-state index contributed by atoms with van der Waals surface area (Å²) in [4.78, 5) is 12.6. The van der Waals surface area contributed by atoms with Crippen molar-refractivity contribution in [1.29, 1.82) is 0 Å². The molecule has 6 heteroatoms. The third-order valence-electron chi connectivity index (χ3n) is 5.64. The lowest BCUT2D eigenvalue weighted by atomic mass is 10.1. The minimum atomic E-state index is -0.374. The number of fused-ring (bicyclic) bond motifs is 1. The summed E-state index contributed by atoms with van der Waals surface area (Å²) in [7, 11) is 0. The summed E-state index contributed by atoms with van der Waals surface area (Å²) < 4.78 is 2.24. The molecule has 4 rings (SSSR count). The first kappa shape index (κ1) is 20.1. The highest BCUT2D eigenvalue weighted by Crippen LogP contribution is 2.25. The molecule has 1 amide bonds. The van der Waals surface area contributed by atoms with E-state index in [1.54, 1.807) is 0 Å². The maximum absolute atomic E-state index is 12.6. The number of benzene rings is 2. The highest BCUT2D eigenvalue weighted by Gasteiger charge is 2.17. The third kappa shape index (κ3) is 4.53. The Morgan fingerprint density at radius 1 is 1.07 bits per heavy atom. The second-order valence-corrected chi connectivity index (χ2v) is 7.89. The average Bonchev–Trinajstić information content (AvgIpc) is 3.02. The van der Waals surface area contributed by atoms with Crippen molar-refractivity contribution in [1.82, 2.24) is 14.8 Å². The molecule has 1 aromatic heterocycles. The number of aromatic nitrogens is 3. The van der Waals surface area contributed by atoms with E-state index in [1.807, 2.05) is 55.5 Å². The molecule has 0 bridgehead atoms. The topological polar surface area (TPSA) is 71.8 Å². The first-order valence-corrected chi connectivity index (χ1v) is 10.8. The molecule has 0 saturated carbocycles. The van der Waals surface area contributed by atoms with E-state index >= 15 is 0 Å². The Labute approximate surface area is 177 Å². The molecule has 2 aromatic carbocycles. The van der Waals surface area contributed by atoms with Crippen molar-refractivity contribution in [2.45, 2.75) is 58.5 Å². The molecule has 0 spiro atoms. The number of anilines is 2. The van der Waals surface area contributed by atoms with Crippen LogP contribution in [0.4, 0.5) is 11.4 Å². The number of carbonyl (C=O) groups excluding carboxylic acids is 1. The quantitative estimate of drug-likeness (QED) is 0.627. The van der Waals surface area contributed by atoms with Crippen molar-refractivity contribution in [2.24, 2.45) is 0 Å². The Hall–Kier alpha value is -3.15. The minimum Gasteiger partial charge on any atom is -0.374 e. The van der Waals surface area contributed by atoms with Crippen molar-refractivity contribution < 1.29 is 4.79 Å². The molecule has 2 N–H and O–H groups in total. The molecule has 156 valence electrons. The zero-order valence-corrected chi connectivity index (χ0v) is 17.7. The predicted octanol–water partition coefficient (Wildman–Crippen LogP) is 4.67. The number of nitrogens with zero attached hydrogens (tertiary/aromatic N) is 3. The van der Waals surface area contributed by atoms with Crippen LogP contribution in [-0.4, -0.2) is 26.7 Å². The second-order valence-electron chi connectivity index (χ2n) is 7.89. The molecule has 0 aliphatic carbocycles. The van der Waals surface area contributed by atoms with Gasteiger partial charge in [-0.3, -0.25) is 4.79 Å². The molecular formula is C24H29N5O.